The number of ether oxygens (including phenoxy) is 3. The molecular formula is C46H63N7O11. The first kappa shape index (κ1) is 47.4. The lowest BCUT2D eigenvalue weighted by molar-refractivity contribution is -0.191. The number of likely N-dealkylation sites (N-methyl/N-ethyl adjacent to an activating group) is 1. The fourth-order valence-corrected chi connectivity index (χ4v) is 11.7. The maximum atomic E-state index is 14.1. The second-order valence-electron chi connectivity index (χ2n) is 18.9. The maximum Gasteiger partial charge on any atom is 0.373 e. The van der Waals surface area contributed by atoms with Gasteiger partial charge in [-0.05, 0) is 94.1 Å². The SMILES string of the molecule is CCC1C(=O)N2C=C(/C=C3\C=C(C(CC4C5(CO5)C(NC(C)C(=O)N5CCOCC5)CC5[C@]4(C)CC[C@@H](O)[C@@]5(C)CO)NC(C)C(=O)CC4=NCC=N4)C(=O)O3)C=CC2N1C.O=C=O. The van der Waals surface area contributed by atoms with E-state index >= 15 is 0 Å². The highest BCUT2D eigenvalue weighted by Crippen LogP contribution is 2.66. The number of aliphatic hydroxyl groups excluding tert-OH is 2. The topological polar surface area (TPSA) is 232 Å². The number of carbonyl (C=O) groups excluding carboxylic acids is 6. The van der Waals surface area contributed by atoms with Gasteiger partial charge in [0, 0.05) is 43.0 Å². The molecule has 8 aliphatic rings. The highest BCUT2D eigenvalue weighted by atomic mass is 16.6. The van der Waals surface area contributed by atoms with Crippen LogP contribution in [0.5, 0.6) is 0 Å². The minimum atomic E-state index is -0.849. The molecule has 348 valence electrons. The van der Waals surface area contributed by atoms with E-state index in [9.17, 15) is 29.4 Å². The van der Waals surface area contributed by atoms with Crippen molar-refractivity contribution in [2.45, 2.75) is 121 Å². The number of amides is 2. The molecule has 2 amide bonds. The molecule has 6 aliphatic heterocycles. The van der Waals surface area contributed by atoms with Crippen LogP contribution >= 0.6 is 0 Å². The third kappa shape index (κ3) is 8.91. The molecule has 0 bridgehead atoms. The van der Waals surface area contributed by atoms with Gasteiger partial charge in [-0.15, -0.1) is 0 Å². The first-order valence-corrected chi connectivity index (χ1v) is 22.5. The van der Waals surface area contributed by atoms with E-state index in [1.165, 1.54) is 0 Å². The van der Waals surface area contributed by atoms with Crippen LogP contribution in [0.15, 0.2) is 57.4 Å². The van der Waals surface area contributed by atoms with Crippen molar-refractivity contribution in [3.05, 3.63) is 47.4 Å². The number of hydrogen-bond donors (Lipinski definition) is 4. The molecule has 12 atom stereocenters. The number of allylic oxidation sites excluding steroid dienone is 4. The zero-order chi connectivity index (χ0) is 46.1. The molecule has 3 saturated heterocycles. The van der Waals surface area contributed by atoms with E-state index in [-0.39, 0.29) is 66.9 Å². The Bertz CT molecular complexity index is 2070. The number of aliphatic hydroxyl groups is 2. The van der Waals surface area contributed by atoms with Crippen LogP contribution in [-0.2, 0) is 43.0 Å². The van der Waals surface area contributed by atoms with Gasteiger partial charge in [-0.1, -0.05) is 26.8 Å². The van der Waals surface area contributed by atoms with Crippen molar-refractivity contribution < 1.29 is 53.2 Å². The number of rotatable bonds is 14. The van der Waals surface area contributed by atoms with Gasteiger partial charge in [-0.2, -0.15) is 9.59 Å². The second kappa shape index (κ2) is 19.1. The van der Waals surface area contributed by atoms with Crippen LogP contribution in [0.2, 0.25) is 0 Å². The van der Waals surface area contributed by atoms with E-state index in [4.69, 9.17) is 23.8 Å². The van der Waals surface area contributed by atoms with Crippen LogP contribution in [-0.4, -0.2) is 168 Å². The monoisotopic (exact) mass is 889 g/mol. The summed E-state index contributed by atoms with van der Waals surface area (Å²) >= 11 is 0. The number of esters is 1. The van der Waals surface area contributed by atoms with Crippen molar-refractivity contribution in [3.63, 3.8) is 0 Å². The molecule has 6 heterocycles. The zero-order valence-electron chi connectivity index (χ0n) is 37.7. The number of Topliss-reactive ketones (excluding diaryl/α,β-unsaturated/α-hetero) is 1. The Labute approximate surface area is 373 Å². The Kier molecular flexibility index (Phi) is 14.2. The summed E-state index contributed by atoms with van der Waals surface area (Å²) in [5, 5.41) is 29.8. The number of amidine groups is 1. The molecule has 2 aliphatic carbocycles. The van der Waals surface area contributed by atoms with Gasteiger partial charge in [0.15, 0.2) is 5.78 Å². The van der Waals surface area contributed by atoms with E-state index in [1.807, 2.05) is 49.8 Å². The molecule has 8 rings (SSSR count). The smallest absolute Gasteiger partial charge is 0.373 e. The normalized spacial score (nSPS) is 36.2. The Morgan fingerprint density at radius 3 is 2.50 bits per heavy atom. The van der Waals surface area contributed by atoms with Gasteiger partial charge in [0.25, 0.3) is 0 Å². The lowest BCUT2D eigenvalue weighted by Gasteiger charge is -2.63. The van der Waals surface area contributed by atoms with Crippen molar-refractivity contribution in [1.82, 2.24) is 25.3 Å². The largest absolute Gasteiger partial charge is 0.423 e. The average Bonchev–Trinajstić information content (AvgIpc) is 3.60. The molecule has 2 saturated carbocycles. The lowest BCUT2D eigenvalue weighted by Crippen LogP contribution is -2.68. The van der Waals surface area contributed by atoms with Crippen molar-refractivity contribution in [1.29, 1.82) is 0 Å². The number of epoxide rings is 1. The Morgan fingerprint density at radius 2 is 1.86 bits per heavy atom. The Balaban J connectivity index is 0.00000199. The molecule has 0 aromatic rings. The molecular weight excluding hydrogens is 827 g/mol. The maximum absolute atomic E-state index is 14.1. The van der Waals surface area contributed by atoms with Gasteiger partial charge in [0.1, 0.15) is 23.4 Å². The molecule has 18 nitrogen and oxygen atoms in total. The van der Waals surface area contributed by atoms with Gasteiger partial charge in [-0.3, -0.25) is 29.2 Å². The molecule has 4 N–H and O–H groups in total. The number of morpholine rings is 1. The highest BCUT2D eigenvalue weighted by molar-refractivity contribution is 6.07. The molecule has 9 unspecified atom stereocenters. The fourth-order valence-electron chi connectivity index (χ4n) is 11.7. The number of aliphatic imine (C=N–C) groups is 2. The molecule has 0 radical (unpaired) electrons. The van der Waals surface area contributed by atoms with Crippen molar-refractivity contribution >= 4 is 41.8 Å². The number of carbonyl (C=O) groups is 4. The van der Waals surface area contributed by atoms with Crippen molar-refractivity contribution in [2.24, 2.45) is 32.7 Å². The second-order valence-corrected chi connectivity index (χ2v) is 18.9. The van der Waals surface area contributed by atoms with E-state index in [0.29, 0.717) is 94.3 Å². The summed E-state index contributed by atoms with van der Waals surface area (Å²) in [4.78, 5) is 85.3. The zero-order valence-corrected chi connectivity index (χ0v) is 37.7. The van der Waals surface area contributed by atoms with E-state index in [2.05, 4.69) is 27.5 Å². The molecule has 64 heavy (non-hydrogen) atoms. The standard InChI is InChI=1S/C45H63N7O9.CO2/c1-7-32-41(57)52-23-28(8-9-39(52)50(32)6)18-29-19-30(42(58)61-29)31(48-26(2)33(54)21-38-46-12-13-47-38)20-35-43(4)11-10-37(55)44(5,24-53)34(43)22-36(45(35)25-60-45)49-27(3)40(56)51-14-16-59-17-15-51;2-1-3/h8-9,12,18-19,23,26-27,31-32,34-37,39,48-49,53,55H,7,10-11,13-17,20-22,24-25H2,1-6H3;/b29-18+;/t26?,27?,31?,32?,34?,35?,36?,37-,39?,43+,44+,45?;/m1./s1. The summed E-state index contributed by atoms with van der Waals surface area (Å²) < 4.78 is 18.0. The summed E-state index contributed by atoms with van der Waals surface area (Å²) in [7, 11) is 1.94. The lowest BCUT2D eigenvalue weighted by atomic mass is 9.43. The van der Waals surface area contributed by atoms with E-state index in [0.717, 1.165) is 0 Å². The number of hydrogen-bond acceptors (Lipinski definition) is 16. The van der Waals surface area contributed by atoms with Crippen LogP contribution in [0.25, 0.3) is 0 Å². The van der Waals surface area contributed by atoms with Gasteiger partial charge < -0.3 is 40.0 Å². The quantitative estimate of drug-likeness (QED) is 0.141. The summed E-state index contributed by atoms with van der Waals surface area (Å²) in [6, 6.07) is -2.47. The van der Waals surface area contributed by atoms with Crippen LogP contribution in [0, 0.1) is 22.7 Å². The van der Waals surface area contributed by atoms with Crippen LogP contribution in [0.1, 0.15) is 73.1 Å². The first-order valence-electron chi connectivity index (χ1n) is 22.5. The minimum Gasteiger partial charge on any atom is -0.423 e. The summed E-state index contributed by atoms with van der Waals surface area (Å²) in [6.07, 6.45) is 12.9. The number of nitrogens with one attached hydrogen (secondary N) is 2. The van der Waals surface area contributed by atoms with Crippen molar-refractivity contribution in [2.75, 3.05) is 53.1 Å². The van der Waals surface area contributed by atoms with Gasteiger partial charge in [0.05, 0.1) is 69.2 Å². The highest BCUT2D eigenvalue weighted by Gasteiger charge is 2.71. The van der Waals surface area contributed by atoms with E-state index in [1.54, 1.807) is 36.4 Å². The number of fused-ring (bicyclic) bond motifs is 2. The fraction of sp³-hybridized carbons (Fsp3) is 0.674. The summed E-state index contributed by atoms with van der Waals surface area (Å²) in [5.74, 6) is -0.342. The third-order valence-corrected chi connectivity index (χ3v) is 15.4. The van der Waals surface area contributed by atoms with Crippen molar-refractivity contribution in [3.8, 4) is 0 Å². The van der Waals surface area contributed by atoms with Gasteiger partial charge in [-0.25, -0.2) is 9.79 Å². The van der Waals surface area contributed by atoms with Crippen LogP contribution < -0.4 is 10.6 Å². The first-order chi connectivity index (χ1) is 30.5. The van der Waals surface area contributed by atoms with Gasteiger partial charge >= 0.3 is 12.1 Å². The Morgan fingerprint density at radius 1 is 1.14 bits per heavy atom. The predicted octanol–water partition coefficient (Wildman–Crippen LogP) is 1.05. The summed E-state index contributed by atoms with van der Waals surface area (Å²) in [5.41, 5.74) is -1.01. The molecule has 0 aromatic heterocycles. The van der Waals surface area contributed by atoms with E-state index < -0.39 is 46.6 Å². The third-order valence-electron chi connectivity index (χ3n) is 15.4. The number of cyclic esters (lactones) is 1. The van der Waals surface area contributed by atoms with Crippen LogP contribution in [0.3, 0.4) is 0 Å². The molecule has 1 spiro atoms. The number of ketones is 1. The Hall–Kier alpha value is -4.52. The van der Waals surface area contributed by atoms with Crippen LogP contribution in [0.4, 0.5) is 0 Å². The molecule has 18 heteroatoms. The minimum absolute atomic E-state index is 0.0164. The van der Waals surface area contributed by atoms with Gasteiger partial charge in [0.2, 0.25) is 11.8 Å². The predicted molar refractivity (Wildman–Crippen MR) is 231 cm³/mol. The average molecular weight is 890 g/mol. The number of nitrogens with zero attached hydrogens (tertiary/aromatic N) is 5. The molecule has 5 fully saturated rings. The molecule has 0 aromatic carbocycles. The summed E-state index contributed by atoms with van der Waals surface area (Å²) in [6.45, 7) is 12.5.